The number of nitro groups is 1. The number of aliphatic imine (C=N–C) groups is 1. The van der Waals surface area contributed by atoms with E-state index in [9.17, 15) is 10.1 Å². The molecule has 6 nitrogen and oxygen atoms in total. The monoisotopic (exact) mass is 295 g/mol. The molecular formula is C10H15Cl2N3O3. The smallest absolute Gasteiger partial charge is 0.381 e. The first kappa shape index (κ1) is 13.8. The molecule has 8 heteroatoms. The fourth-order valence-corrected chi connectivity index (χ4v) is 2.57. The van der Waals surface area contributed by atoms with Crippen molar-refractivity contribution in [3.63, 3.8) is 0 Å². The van der Waals surface area contributed by atoms with Gasteiger partial charge in [0.2, 0.25) is 5.84 Å². The van der Waals surface area contributed by atoms with Crippen LogP contribution in [-0.4, -0.2) is 52.5 Å². The number of amidine groups is 1. The Hall–Kier alpha value is -0.590. The van der Waals surface area contributed by atoms with Crippen molar-refractivity contribution < 1.29 is 9.66 Å². The van der Waals surface area contributed by atoms with Gasteiger partial charge in [-0.15, -0.1) is 0 Å². The van der Waals surface area contributed by atoms with E-state index in [1.165, 1.54) is 0 Å². The Morgan fingerprint density at radius 2 is 2.39 bits per heavy atom. The quantitative estimate of drug-likeness (QED) is 0.341. The summed E-state index contributed by atoms with van der Waals surface area (Å²) in [7, 11) is 0. The Morgan fingerprint density at radius 3 is 2.94 bits per heavy atom. The van der Waals surface area contributed by atoms with E-state index in [0.29, 0.717) is 25.6 Å². The Kier molecular flexibility index (Phi) is 3.99. The van der Waals surface area contributed by atoms with Crippen LogP contribution in [0.15, 0.2) is 4.99 Å². The van der Waals surface area contributed by atoms with Gasteiger partial charge in [-0.1, -0.05) is 0 Å². The van der Waals surface area contributed by atoms with Gasteiger partial charge in [0.1, 0.15) is 0 Å². The minimum Gasteiger partial charge on any atom is -0.381 e. The molecular weight excluding hydrogens is 281 g/mol. The Balaban J connectivity index is 2.11. The molecule has 102 valence electrons. The molecule has 0 aromatic heterocycles. The molecule has 0 bridgehead atoms. The van der Waals surface area contributed by atoms with E-state index in [1.807, 2.05) is 11.8 Å². The molecule has 2 rings (SSSR count). The summed E-state index contributed by atoms with van der Waals surface area (Å²) in [5.41, 5.74) is 0. The molecule has 0 radical (unpaired) electrons. The number of alkyl halides is 2. The van der Waals surface area contributed by atoms with E-state index in [-0.39, 0.29) is 11.9 Å². The lowest BCUT2D eigenvalue weighted by molar-refractivity contribution is -0.497. The van der Waals surface area contributed by atoms with Gasteiger partial charge in [0, 0.05) is 25.1 Å². The van der Waals surface area contributed by atoms with Gasteiger partial charge in [-0.05, 0) is 36.5 Å². The van der Waals surface area contributed by atoms with Crippen molar-refractivity contribution in [3.05, 3.63) is 10.1 Å². The first-order valence-corrected chi connectivity index (χ1v) is 6.60. The van der Waals surface area contributed by atoms with Crippen LogP contribution in [0.3, 0.4) is 0 Å². The van der Waals surface area contributed by atoms with Gasteiger partial charge in [-0.2, -0.15) is 0 Å². The van der Waals surface area contributed by atoms with E-state index in [4.69, 9.17) is 27.9 Å². The zero-order valence-electron chi connectivity index (χ0n) is 10.0. The molecule has 0 amide bonds. The molecule has 0 aliphatic carbocycles. The van der Waals surface area contributed by atoms with Gasteiger partial charge in [0.25, 0.3) is 0 Å². The van der Waals surface area contributed by atoms with Crippen LogP contribution >= 0.6 is 23.2 Å². The first-order chi connectivity index (χ1) is 8.43. The maximum absolute atomic E-state index is 10.9. The summed E-state index contributed by atoms with van der Waals surface area (Å²) in [5, 5.41) is 10.9. The molecule has 2 unspecified atom stereocenters. The van der Waals surface area contributed by atoms with Crippen LogP contribution < -0.4 is 0 Å². The van der Waals surface area contributed by atoms with Gasteiger partial charge < -0.3 is 9.64 Å². The van der Waals surface area contributed by atoms with Crippen LogP contribution in [0.5, 0.6) is 0 Å². The fourth-order valence-electron chi connectivity index (χ4n) is 2.24. The third-order valence-electron chi connectivity index (χ3n) is 3.29. The van der Waals surface area contributed by atoms with Gasteiger partial charge in [0.15, 0.2) is 0 Å². The molecule has 2 heterocycles. The highest BCUT2D eigenvalue weighted by Gasteiger charge is 2.50. The fraction of sp³-hybridized carbons (Fsp3) is 0.900. The van der Waals surface area contributed by atoms with Crippen LogP contribution in [0, 0.1) is 16.0 Å². The molecule has 2 atom stereocenters. The molecule has 0 aromatic carbocycles. The molecule has 18 heavy (non-hydrogen) atoms. The van der Waals surface area contributed by atoms with Crippen LogP contribution in [0.4, 0.5) is 0 Å². The number of hydrogen-bond donors (Lipinski definition) is 0. The average Bonchev–Trinajstić information content (AvgIpc) is 2.90. The van der Waals surface area contributed by atoms with E-state index in [0.717, 1.165) is 13.0 Å². The zero-order valence-corrected chi connectivity index (χ0v) is 11.5. The maximum atomic E-state index is 10.9. The lowest BCUT2D eigenvalue weighted by Gasteiger charge is -2.29. The number of hydrogen-bond acceptors (Lipinski definition) is 5. The second kappa shape index (κ2) is 5.19. The van der Waals surface area contributed by atoms with Crippen molar-refractivity contribution in [1.82, 2.24) is 4.90 Å². The van der Waals surface area contributed by atoms with Crippen molar-refractivity contribution in [1.29, 1.82) is 0 Å². The van der Waals surface area contributed by atoms with E-state index >= 15 is 0 Å². The summed E-state index contributed by atoms with van der Waals surface area (Å²) in [6.45, 7) is 4.50. The molecule has 0 saturated carbocycles. The first-order valence-electron chi connectivity index (χ1n) is 5.84. The van der Waals surface area contributed by atoms with Crippen molar-refractivity contribution in [2.75, 3.05) is 26.3 Å². The van der Waals surface area contributed by atoms with Gasteiger partial charge in [0.05, 0.1) is 18.1 Å². The number of halogens is 2. The van der Waals surface area contributed by atoms with Crippen molar-refractivity contribution in [3.8, 4) is 0 Å². The highest BCUT2D eigenvalue weighted by Crippen LogP contribution is 2.31. The highest BCUT2D eigenvalue weighted by atomic mass is 35.5. The van der Waals surface area contributed by atoms with Crippen molar-refractivity contribution >= 4 is 29.0 Å². The van der Waals surface area contributed by atoms with Gasteiger partial charge >= 0.3 is 4.46 Å². The second-order valence-electron chi connectivity index (χ2n) is 4.69. The maximum Gasteiger partial charge on any atom is 0.428 e. The molecule has 1 fully saturated rings. The molecule has 0 aromatic rings. The SMILES string of the molecule is CC1CN=C(C(Cl)(Cl)[N+](=O)[O-])N1CC1CCOC1. The minimum atomic E-state index is -2.16. The van der Waals surface area contributed by atoms with E-state index < -0.39 is 9.38 Å². The molecule has 0 N–H and O–H groups in total. The number of ether oxygens (including phenoxy) is 1. The predicted molar refractivity (Wildman–Crippen MR) is 68.8 cm³/mol. The Bertz CT molecular complexity index is 369. The third-order valence-corrected chi connectivity index (χ3v) is 3.90. The highest BCUT2D eigenvalue weighted by molar-refractivity contribution is 6.57. The van der Waals surface area contributed by atoms with E-state index in [1.54, 1.807) is 0 Å². The summed E-state index contributed by atoms with van der Waals surface area (Å²) in [6.07, 6.45) is 0.951. The molecule has 2 aliphatic rings. The van der Waals surface area contributed by atoms with Crippen LogP contribution in [0.1, 0.15) is 13.3 Å². The summed E-state index contributed by atoms with van der Waals surface area (Å²) in [6, 6.07) is 0.0809. The van der Waals surface area contributed by atoms with Crippen LogP contribution in [-0.2, 0) is 4.74 Å². The average molecular weight is 296 g/mol. The van der Waals surface area contributed by atoms with Crippen LogP contribution in [0.25, 0.3) is 0 Å². The molecule has 1 saturated heterocycles. The topological polar surface area (TPSA) is 68.0 Å². The Morgan fingerprint density at radius 1 is 1.67 bits per heavy atom. The van der Waals surface area contributed by atoms with Crippen molar-refractivity contribution in [2.24, 2.45) is 10.9 Å². The summed E-state index contributed by atoms with van der Waals surface area (Å²) < 4.78 is 3.14. The normalized spacial score (nSPS) is 28.6. The lowest BCUT2D eigenvalue weighted by atomic mass is 10.1. The Labute approximate surface area is 115 Å². The lowest BCUT2D eigenvalue weighted by Crippen LogP contribution is -2.48. The summed E-state index contributed by atoms with van der Waals surface area (Å²) in [5.74, 6) is 0.502. The molecule has 0 spiro atoms. The summed E-state index contributed by atoms with van der Waals surface area (Å²) >= 11 is 11.6. The largest absolute Gasteiger partial charge is 0.428 e. The zero-order chi connectivity index (χ0) is 13.3. The van der Waals surface area contributed by atoms with Crippen molar-refractivity contribution in [2.45, 2.75) is 23.8 Å². The second-order valence-corrected chi connectivity index (χ2v) is 5.98. The third kappa shape index (κ3) is 2.55. The predicted octanol–water partition coefficient (Wildman–Crippen LogP) is 1.53. The van der Waals surface area contributed by atoms with E-state index in [2.05, 4.69) is 4.99 Å². The van der Waals surface area contributed by atoms with Gasteiger partial charge in [-0.25, -0.2) is 0 Å². The number of rotatable bonds is 4. The van der Waals surface area contributed by atoms with Gasteiger partial charge in [-0.3, -0.25) is 15.1 Å². The number of nitrogens with zero attached hydrogens (tertiary/aromatic N) is 3. The van der Waals surface area contributed by atoms with Crippen LogP contribution in [0.2, 0.25) is 0 Å². The summed E-state index contributed by atoms with van der Waals surface area (Å²) in [4.78, 5) is 16.2. The molecule has 2 aliphatic heterocycles. The minimum absolute atomic E-state index is 0.0809. The standard InChI is InChI=1S/C10H15Cl2N3O3/c1-7-4-13-9(10(11,12)15(16)17)14(7)5-8-2-3-18-6-8/h7-8H,2-6H2,1H3.